The fourth-order valence-corrected chi connectivity index (χ4v) is 5.41. The van der Waals surface area contributed by atoms with Gasteiger partial charge in [-0.15, -0.1) is 0 Å². The summed E-state index contributed by atoms with van der Waals surface area (Å²) in [5.41, 5.74) is 11.4. The third kappa shape index (κ3) is 4.10. The van der Waals surface area contributed by atoms with Gasteiger partial charge in [0.05, 0.1) is 0 Å². The summed E-state index contributed by atoms with van der Waals surface area (Å²) in [6.07, 6.45) is 4.66. The second kappa shape index (κ2) is 8.76. The number of aromatic amines is 2. The normalized spacial score (nSPS) is 17.4. The Balaban J connectivity index is 0.000000135. The molecule has 0 spiro atoms. The molecule has 0 bridgehead atoms. The maximum absolute atomic E-state index is 3.59. The number of fused-ring (bicyclic) bond motifs is 6. The van der Waals surface area contributed by atoms with E-state index in [4.69, 9.17) is 0 Å². The highest BCUT2D eigenvalue weighted by molar-refractivity contribution is 5.88. The SMILES string of the molecule is Cc1ccc2c3c([nH]c2c1)CCN(C)CC3.Cc1cccc2[nH]c3c(c12)CCN(C)CC3. The Labute approximate surface area is 191 Å². The maximum atomic E-state index is 3.59. The Morgan fingerprint density at radius 3 is 2.06 bits per heavy atom. The van der Waals surface area contributed by atoms with Crippen molar-refractivity contribution < 1.29 is 0 Å². The van der Waals surface area contributed by atoms with Gasteiger partial charge in [0.1, 0.15) is 0 Å². The molecule has 2 N–H and O–H groups in total. The fourth-order valence-electron chi connectivity index (χ4n) is 5.41. The number of aryl methyl sites for hydroxylation is 2. The van der Waals surface area contributed by atoms with Crippen LogP contribution < -0.4 is 0 Å². The summed E-state index contributed by atoms with van der Waals surface area (Å²) in [7, 11) is 4.42. The number of likely N-dealkylation sites (N-methyl/N-ethyl adjacent to an activating group) is 2. The first-order valence-electron chi connectivity index (χ1n) is 12.1. The fraction of sp³-hybridized carbons (Fsp3) is 0.429. The van der Waals surface area contributed by atoms with E-state index in [-0.39, 0.29) is 0 Å². The van der Waals surface area contributed by atoms with Crippen LogP contribution in [0.5, 0.6) is 0 Å². The molecule has 2 aromatic heterocycles. The molecule has 4 heterocycles. The molecule has 0 fully saturated rings. The minimum absolute atomic E-state index is 1.15. The summed E-state index contributed by atoms with van der Waals surface area (Å²) in [4.78, 5) is 12.0. The van der Waals surface area contributed by atoms with Crippen molar-refractivity contribution >= 4 is 21.8 Å². The zero-order chi connectivity index (χ0) is 22.2. The molecule has 2 aromatic carbocycles. The van der Waals surface area contributed by atoms with E-state index in [9.17, 15) is 0 Å². The molecular formula is C28H36N4. The minimum Gasteiger partial charge on any atom is -0.358 e. The second-order valence-corrected chi connectivity index (χ2v) is 9.82. The first-order valence-corrected chi connectivity index (χ1v) is 12.1. The number of aromatic nitrogens is 2. The topological polar surface area (TPSA) is 38.1 Å². The van der Waals surface area contributed by atoms with Crippen LogP contribution in [0.2, 0.25) is 0 Å². The molecule has 0 aliphatic carbocycles. The van der Waals surface area contributed by atoms with Crippen LogP contribution in [-0.4, -0.2) is 60.0 Å². The van der Waals surface area contributed by atoms with Crippen molar-refractivity contribution in [3.8, 4) is 0 Å². The number of benzene rings is 2. The molecule has 0 saturated heterocycles. The molecule has 4 aromatic rings. The van der Waals surface area contributed by atoms with Gasteiger partial charge in [-0.1, -0.05) is 24.3 Å². The van der Waals surface area contributed by atoms with Gasteiger partial charge in [-0.05, 0) is 75.2 Å². The lowest BCUT2D eigenvalue weighted by molar-refractivity contribution is 0.352. The summed E-state index contributed by atoms with van der Waals surface area (Å²) in [5, 5.41) is 2.89. The van der Waals surface area contributed by atoms with E-state index in [1.807, 2.05) is 0 Å². The van der Waals surface area contributed by atoms with E-state index in [1.54, 1.807) is 11.1 Å². The van der Waals surface area contributed by atoms with Crippen LogP contribution in [-0.2, 0) is 25.7 Å². The average Bonchev–Trinajstić information content (AvgIpc) is 3.18. The van der Waals surface area contributed by atoms with Gasteiger partial charge in [0.25, 0.3) is 0 Å². The number of H-pyrrole nitrogens is 2. The van der Waals surface area contributed by atoms with Gasteiger partial charge in [-0.2, -0.15) is 0 Å². The Kier molecular flexibility index (Phi) is 5.83. The lowest BCUT2D eigenvalue weighted by Crippen LogP contribution is -2.21. The first-order chi connectivity index (χ1) is 15.5. The third-order valence-electron chi connectivity index (χ3n) is 7.35. The number of hydrogen-bond acceptors (Lipinski definition) is 2. The Hall–Kier alpha value is -2.56. The van der Waals surface area contributed by atoms with Gasteiger partial charge >= 0.3 is 0 Å². The predicted molar refractivity (Wildman–Crippen MR) is 136 cm³/mol. The highest BCUT2D eigenvalue weighted by Crippen LogP contribution is 2.28. The maximum Gasteiger partial charge on any atom is 0.0461 e. The molecule has 2 aliphatic rings. The molecule has 0 saturated carbocycles. The summed E-state index contributed by atoms with van der Waals surface area (Å²) in [6.45, 7) is 9.05. The number of hydrogen-bond donors (Lipinski definition) is 2. The van der Waals surface area contributed by atoms with Gasteiger partial charge in [-0.3, -0.25) is 0 Å². The predicted octanol–water partition coefficient (Wildman–Crippen LogP) is 5.01. The molecule has 0 radical (unpaired) electrons. The van der Waals surface area contributed by atoms with Crippen LogP contribution in [0.1, 0.15) is 33.6 Å². The summed E-state index contributed by atoms with van der Waals surface area (Å²) < 4.78 is 0. The van der Waals surface area contributed by atoms with Crippen molar-refractivity contribution in [1.29, 1.82) is 0 Å². The molecule has 0 atom stereocenters. The van der Waals surface area contributed by atoms with Gasteiger partial charge in [0.15, 0.2) is 0 Å². The minimum atomic E-state index is 1.15. The zero-order valence-electron chi connectivity index (χ0n) is 20.0. The Bertz CT molecular complexity index is 1240. The largest absolute Gasteiger partial charge is 0.358 e. The molecule has 4 nitrogen and oxygen atoms in total. The van der Waals surface area contributed by atoms with E-state index in [2.05, 4.69) is 84.1 Å². The number of rotatable bonds is 0. The summed E-state index contributed by atoms with van der Waals surface area (Å²) in [6, 6.07) is 13.3. The standard InChI is InChI=1S/2C14H18N2/c1-10-3-4-11-12-5-7-16(2)8-6-13(12)15-14(11)9-10;1-10-4-3-5-13-14(10)11-6-8-16(2)9-7-12(11)15-13/h3-4,9,15H,5-8H2,1-2H3;3-5,15H,6-9H2,1-2H3. The molecule has 0 amide bonds. The van der Waals surface area contributed by atoms with Crippen LogP contribution in [0.25, 0.3) is 21.8 Å². The van der Waals surface area contributed by atoms with Crippen molar-refractivity contribution in [3.63, 3.8) is 0 Å². The smallest absolute Gasteiger partial charge is 0.0461 e. The van der Waals surface area contributed by atoms with Crippen molar-refractivity contribution in [2.24, 2.45) is 0 Å². The van der Waals surface area contributed by atoms with Crippen molar-refractivity contribution in [1.82, 2.24) is 19.8 Å². The lowest BCUT2D eigenvalue weighted by Gasteiger charge is -2.11. The van der Waals surface area contributed by atoms with Crippen LogP contribution >= 0.6 is 0 Å². The highest BCUT2D eigenvalue weighted by atomic mass is 15.1. The van der Waals surface area contributed by atoms with Gasteiger partial charge < -0.3 is 19.8 Å². The lowest BCUT2D eigenvalue weighted by atomic mass is 10.0. The quantitative estimate of drug-likeness (QED) is 0.413. The van der Waals surface area contributed by atoms with Gasteiger partial charge in [0.2, 0.25) is 0 Å². The third-order valence-corrected chi connectivity index (χ3v) is 7.35. The molecule has 168 valence electrons. The number of nitrogens with zero attached hydrogens (tertiary/aromatic N) is 2. The monoisotopic (exact) mass is 428 g/mol. The molecule has 6 rings (SSSR count). The first kappa shape index (κ1) is 21.3. The Morgan fingerprint density at radius 1 is 0.688 bits per heavy atom. The van der Waals surface area contributed by atoms with E-state index >= 15 is 0 Å². The van der Waals surface area contributed by atoms with Crippen molar-refractivity contribution in [2.45, 2.75) is 39.5 Å². The van der Waals surface area contributed by atoms with Crippen LogP contribution in [0.3, 0.4) is 0 Å². The number of nitrogens with one attached hydrogen (secondary N) is 2. The van der Waals surface area contributed by atoms with Gasteiger partial charge in [-0.25, -0.2) is 0 Å². The van der Waals surface area contributed by atoms with E-state index in [0.29, 0.717) is 0 Å². The van der Waals surface area contributed by atoms with Crippen LogP contribution in [0.15, 0.2) is 36.4 Å². The average molecular weight is 429 g/mol. The van der Waals surface area contributed by atoms with Crippen molar-refractivity contribution in [2.75, 3.05) is 40.3 Å². The van der Waals surface area contributed by atoms with E-state index in [1.165, 1.54) is 83.3 Å². The van der Waals surface area contributed by atoms with E-state index in [0.717, 1.165) is 12.8 Å². The van der Waals surface area contributed by atoms with Crippen molar-refractivity contribution in [3.05, 3.63) is 70.0 Å². The van der Waals surface area contributed by atoms with Crippen LogP contribution in [0.4, 0.5) is 0 Å². The van der Waals surface area contributed by atoms with Gasteiger partial charge in [0, 0.05) is 72.2 Å². The Morgan fingerprint density at radius 2 is 1.31 bits per heavy atom. The summed E-state index contributed by atoms with van der Waals surface area (Å²) in [5.74, 6) is 0. The molecule has 2 aliphatic heterocycles. The molecule has 0 unspecified atom stereocenters. The molecule has 32 heavy (non-hydrogen) atoms. The molecule has 4 heteroatoms. The second-order valence-electron chi connectivity index (χ2n) is 9.82. The molecular weight excluding hydrogens is 392 g/mol. The summed E-state index contributed by atoms with van der Waals surface area (Å²) >= 11 is 0. The zero-order valence-corrected chi connectivity index (χ0v) is 20.0. The van der Waals surface area contributed by atoms with E-state index < -0.39 is 0 Å². The highest BCUT2D eigenvalue weighted by Gasteiger charge is 2.17. The van der Waals surface area contributed by atoms with Crippen LogP contribution in [0, 0.1) is 13.8 Å².